The molecule has 130 valence electrons. The van der Waals surface area contributed by atoms with Crippen LogP contribution in [0.2, 0.25) is 10.0 Å². The normalized spacial score (nSPS) is 21.0. The smallest absolute Gasteiger partial charge is 0.193 e. The highest BCUT2D eigenvalue weighted by molar-refractivity contribution is 14.0. The molecule has 1 unspecified atom stereocenters. The lowest BCUT2D eigenvalue weighted by Gasteiger charge is -2.27. The molecule has 1 aliphatic rings. The van der Waals surface area contributed by atoms with Crippen LogP contribution in [0.5, 0.6) is 0 Å². The standard InChI is InChI=1S/C15H21Cl2N3OS.HI/c1-18-14(19-9-15(21)5-6-22-10-15)20(2)8-11-3-4-12(16)13(17)7-11;/h3-4,7,21H,5-6,8-10H2,1-2H3,(H,18,19);1H. The fourth-order valence-corrected chi connectivity index (χ4v) is 3.97. The first kappa shape index (κ1) is 21.2. The molecule has 2 rings (SSSR count). The molecule has 0 amide bonds. The molecule has 1 aromatic rings. The first-order chi connectivity index (χ1) is 10.4. The zero-order chi connectivity index (χ0) is 16.2. The minimum absolute atomic E-state index is 0. The fourth-order valence-electron chi connectivity index (χ4n) is 2.35. The zero-order valence-electron chi connectivity index (χ0n) is 13.2. The Morgan fingerprint density at radius 2 is 2.17 bits per heavy atom. The number of halogens is 3. The molecule has 1 saturated heterocycles. The zero-order valence-corrected chi connectivity index (χ0v) is 17.8. The number of rotatable bonds is 4. The third-order valence-corrected chi connectivity index (χ3v) is 5.61. The van der Waals surface area contributed by atoms with Crippen LogP contribution in [0.1, 0.15) is 12.0 Å². The summed E-state index contributed by atoms with van der Waals surface area (Å²) in [6.45, 7) is 1.17. The Balaban J connectivity index is 0.00000264. The van der Waals surface area contributed by atoms with Crippen molar-refractivity contribution < 1.29 is 5.11 Å². The fraction of sp³-hybridized carbons (Fsp3) is 0.533. The summed E-state index contributed by atoms with van der Waals surface area (Å²) in [5.41, 5.74) is 0.417. The molecule has 23 heavy (non-hydrogen) atoms. The van der Waals surface area contributed by atoms with Crippen LogP contribution < -0.4 is 5.32 Å². The molecule has 0 aliphatic carbocycles. The van der Waals surface area contributed by atoms with Crippen LogP contribution in [-0.2, 0) is 6.54 Å². The maximum atomic E-state index is 10.4. The molecule has 0 radical (unpaired) electrons. The number of hydrogen-bond acceptors (Lipinski definition) is 3. The van der Waals surface area contributed by atoms with Crippen molar-refractivity contribution in [3.8, 4) is 0 Å². The van der Waals surface area contributed by atoms with Crippen LogP contribution in [0.25, 0.3) is 0 Å². The number of guanidine groups is 1. The summed E-state index contributed by atoms with van der Waals surface area (Å²) < 4.78 is 0. The lowest BCUT2D eigenvalue weighted by atomic mass is 10.0. The minimum Gasteiger partial charge on any atom is -0.387 e. The van der Waals surface area contributed by atoms with Gasteiger partial charge in [-0.2, -0.15) is 11.8 Å². The highest BCUT2D eigenvalue weighted by Gasteiger charge is 2.31. The molecule has 4 nitrogen and oxygen atoms in total. The van der Waals surface area contributed by atoms with Gasteiger partial charge in [0.15, 0.2) is 5.96 Å². The van der Waals surface area contributed by atoms with Gasteiger partial charge < -0.3 is 15.3 Å². The first-order valence-electron chi connectivity index (χ1n) is 7.09. The van der Waals surface area contributed by atoms with Gasteiger partial charge in [-0.05, 0) is 29.9 Å². The molecule has 1 aliphatic heterocycles. The summed E-state index contributed by atoms with van der Waals surface area (Å²) in [5.74, 6) is 2.53. The Bertz CT molecular complexity index is 554. The van der Waals surface area contributed by atoms with Crippen molar-refractivity contribution in [2.75, 3.05) is 32.1 Å². The minimum atomic E-state index is -0.634. The Kier molecular flexibility index (Phi) is 8.79. The number of hydrogen-bond donors (Lipinski definition) is 2. The van der Waals surface area contributed by atoms with Crippen LogP contribution >= 0.6 is 58.9 Å². The van der Waals surface area contributed by atoms with E-state index >= 15 is 0 Å². The first-order valence-corrected chi connectivity index (χ1v) is 9.00. The van der Waals surface area contributed by atoms with Gasteiger partial charge in [-0.25, -0.2) is 0 Å². The summed E-state index contributed by atoms with van der Waals surface area (Å²) in [4.78, 5) is 6.26. The van der Waals surface area contributed by atoms with Gasteiger partial charge in [-0.1, -0.05) is 29.3 Å². The molecule has 2 N–H and O–H groups in total. The van der Waals surface area contributed by atoms with E-state index in [1.807, 2.05) is 24.1 Å². The molecular weight excluding hydrogens is 468 g/mol. The van der Waals surface area contributed by atoms with Gasteiger partial charge in [-0.15, -0.1) is 24.0 Å². The quantitative estimate of drug-likeness (QED) is 0.386. The van der Waals surface area contributed by atoms with Crippen LogP contribution in [0.15, 0.2) is 23.2 Å². The number of benzene rings is 1. The van der Waals surface area contributed by atoms with Gasteiger partial charge >= 0.3 is 0 Å². The van der Waals surface area contributed by atoms with E-state index in [-0.39, 0.29) is 24.0 Å². The van der Waals surface area contributed by atoms with Crippen molar-refractivity contribution in [1.29, 1.82) is 0 Å². The van der Waals surface area contributed by atoms with Crippen LogP contribution in [0, 0.1) is 0 Å². The van der Waals surface area contributed by atoms with E-state index in [1.54, 1.807) is 24.9 Å². The largest absolute Gasteiger partial charge is 0.387 e. The topological polar surface area (TPSA) is 47.9 Å². The van der Waals surface area contributed by atoms with Gasteiger partial charge in [0.1, 0.15) is 0 Å². The van der Waals surface area contributed by atoms with Gasteiger partial charge in [0.2, 0.25) is 0 Å². The molecule has 1 fully saturated rings. The van der Waals surface area contributed by atoms with Gasteiger partial charge in [-0.3, -0.25) is 4.99 Å². The Hall–Kier alpha value is 0.110. The predicted octanol–water partition coefficient (Wildman–Crippen LogP) is 3.49. The average molecular weight is 490 g/mol. The number of thioether (sulfide) groups is 1. The van der Waals surface area contributed by atoms with E-state index in [0.29, 0.717) is 23.1 Å². The third kappa shape index (κ3) is 6.16. The summed E-state index contributed by atoms with van der Waals surface area (Å²) in [7, 11) is 3.69. The second kappa shape index (κ2) is 9.56. The molecule has 0 spiro atoms. The molecular formula is C15H22Cl2IN3OS. The Morgan fingerprint density at radius 1 is 1.43 bits per heavy atom. The van der Waals surface area contributed by atoms with E-state index < -0.39 is 5.60 Å². The predicted molar refractivity (Wildman–Crippen MR) is 112 cm³/mol. The second-order valence-electron chi connectivity index (χ2n) is 5.53. The molecule has 1 atom stereocenters. The van der Waals surface area contributed by atoms with Crippen molar-refractivity contribution in [2.45, 2.75) is 18.6 Å². The lowest BCUT2D eigenvalue weighted by Crippen LogP contribution is -2.47. The summed E-state index contributed by atoms with van der Waals surface area (Å²) >= 11 is 13.8. The molecule has 8 heteroatoms. The number of nitrogens with zero attached hydrogens (tertiary/aromatic N) is 2. The lowest BCUT2D eigenvalue weighted by molar-refractivity contribution is 0.0718. The number of aliphatic hydroxyl groups is 1. The Morgan fingerprint density at radius 3 is 2.74 bits per heavy atom. The second-order valence-corrected chi connectivity index (χ2v) is 7.45. The number of nitrogens with one attached hydrogen (secondary N) is 1. The van der Waals surface area contributed by atoms with Crippen LogP contribution in [0.3, 0.4) is 0 Å². The number of aliphatic imine (C=N–C) groups is 1. The third-order valence-electron chi connectivity index (χ3n) is 3.64. The van der Waals surface area contributed by atoms with E-state index in [4.69, 9.17) is 23.2 Å². The van der Waals surface area contributed by atoms with E-state index in [1.165, 1.54) is 0 Å². The molecule has 1 aromatic carbocycles. The van der Waals surface area contributed by atoms with Crippen molar-refractivity contribution in [2.24, 2.45) is 4.99 Å². The Labute approximate surface area is 169 Å². The summed E-state index contributed by atoms with van der Waals surface area (Å²) in [5, 5.41) is 14.7. The van der Waals surface area contributed by atoms with Crippen LogP contribution in [-0.4, -0.2) is 53.7 Å². The molecule has 0 saturated carbocycles. The van der Waals surface area contributed by atoms with Crippen LogP contribution in [0.4, 0.5) is 0 Å². The highest BCUT2D eigenvalue weighted by atomic mass is 127. The maximum Gasteiger partial charge on any atom is 0.193 e. The monoisotopic (exact) mass is 489 g/mol. The van der Waals surface area contributed by atoms with Crippen molar-refractivity contribution >= 4 is 64.9 Å². The maximum absolute atomic E-state index is 10.4. The highest BCUT2D eigenvalue weighted by Crippen LogP contribution is 2.27. The van der Waals surface area contributed by atoms with Gasteiger partial charge in [0.25, 0.3) is 0 Å². The van der Waals surface area contributed by atoms with Crippen molar-refractivity contribution in [3.05, 3.63) is 33.8 Å². The molecule has 1 heterocycles. The average Bonchev–Trinajstić information content (AvgIpc) is 2.90. The molecule has 0 aromatic heterocycles. The van der Waals surface area contributed by atoms with Crippen molar-refractivity contribution in [1.82, 2.24) is 10.2 Å². The SMILES string of the molecule is CN=C(NCC1(O)CCSC1)N(C)Cc1ccc(Cl)c(Cl)c1.I. The van der Waals surface area contributed by atoms with Gasteiger partial charge in [0.05, 0.1) is 15.6 Å². The molecule has 0 bridgehead atoms. The van der Waals surface area contributed by atoms with Crippen molar-refractivity contribution in [3.63, 3.8) is 0 Å². The van der Waals surface area contributed by atoms with Gasteiger partial charge in [0, 0.05) is 32.9 Å². The summed E-state index contributed by atoms with van der Waals surface area (Å²) in [6.07, 6.45) is 0.818. The van der Waals surface area contributed by atoms with E-state index in [9.17, 15) is 5.11 Å². The summed E-state index contributed by atoms with van der Waals surface area (Å²) in [6, 6.07) is 5.59. The van der Waals surface area contributed by atoms with E-state index in [2.05, 4.69) is 10.3 Å². The van der Waals surface area contributed by atoms with E-state index in [0.717, 1.165) is 29.4 Å².